The van der Waals surface area contributed by atoms with Crippen molar-refractivity contribution in [3.63, 3.8) is 0 Å². The molecule has 0 aromatic carbocycles. The molecule has 0 aromatic heterocycles. The molecule has 0 aliphatic heterocycles. The minimum Gasteiger partial charge on any atom is -0.312 e. The van der Waals surface area contributed by atoms with Crippen LogP contribution in [0.3, 0.4) is 0 Å². The summed E-state index contributed by atoms with van der Waals surface area (Å²) in [6.07, 6.45) is 0.912. The average molecular weight is 196 g/mol. The number of likely N-dealkylation sites (N-methyl/N-ethyl adjacent to an activating group) is 2. The van der Waals surface area contributed by atoms with Crippen molar-refractivity contribution < 1.29 is 0 Å². The van der Waals surface area contributed by atoms with Gasteiger partial charge in [-0.15, -0.1) is 11.8 Å². The predicted molar refractivity (Wildman–Crippen MR) is 63.3 cm³/mol. The van der Waals surface area contributed by atoms with E-state index in [0.717, 1.165) is 13.0 Å². The lowest BCUT2D eigenvalue weighted by molar-refractivity contribution is 0.140. The van der Waals surface area contributed by atoms with Crippen molar-refractivity contribution in [3.8, 4) is 11.8 Å². The summed E-state index contributed by atoms with van der Waals surface area (Å²) in [5, 5.41) is 3.49. The lowest BCUT2D eigenvalue weighted by atomic mass is 9.90. The molecule has 0 saturated carbocycles. The second kappa shape index (κ2) is 6.06. The fourth-order valence-electron chi connectivity index (χ4n) is 1.33. The van der Waals surface area contributed by atoms with Crippen molar-refractivity contribution in [3.05, 3.63) is 0 Å². The number of nitrogens with one attached hydrogen (secondary N) is 1. The molecule has 2 heteroatoms. The fraction of sp³-hybridized carbons (Fsp3) is 0.833. The van der Waals surface area contributed by atoms with Gasteiger partial charge in [-0.3, -0.25) is 0 Å². The van der Waals surface area contributed by atoms with Crippen LogP contribution in [0.5, 0.6) is 0 Å². The van der Waals surface area contributed by atoms with Gasteiger partial charge in [-0.25, -0.2) is 0 Å². The average Bonchev–Trinajstić information content (AvgIpc) is 2.11. The van der Waals surface area contributed by atoms with E-state index in [-0.39, 0.29) is 5.54 Å². The van der Waals surface area contributed by atoms with Crippen LogP contribution in [-0.2, 0) is 0 Å². The van der Waals surface area contributed by atoms with Crippen molar-refractivity contribution >= 4 is 0 Å². The molecule has 0 fully saturated rings. The molecule has 1 atom stereocenters. The van der Waals surface area contributed by atoms with Gasteiger partial charge in [0.15, 0.2) is 0 Å². The Bertz CT molecular complexity index is 208. The van der Waals surface area contributed by atoms with Crippen LogP contribution in [0.2, 0.25) is 0 Å². The highest BCUT2D eigenvalue weighted by atomic mass is 15.2. The summed E-state index contributed by atoms with van der Waals surface area (Å²) >= 11 is 0. The molecule has 2 nitrogen and oxygen atoms in total. The third-order valence-corrected chi connectivity index (χ3v) is 2.94. The molecule has 0 aromatic rings. The summed E-state index contributed by atoms with van der Waals surface area (Å²) in [5.74, 6) is 6.11. The largest absolute Gasteiger partial charge is 0.312 e. The molecular weight excluding hydrogens is 172 g/mol. The molecule has 0 rings (SSSR count). The summed E-state index contributed by atoms with van der Waals surface area (Å²) in [5.41, 5.74) is 0.139. The Morgan fingerprint density at radius 2 is 1.93 bits per heavy atom. The van der Waals surface area contributed by atoms with Gasteiger partial charge in [0.25, 0.3) is 0 Å². The number of rotatable bonds is 5. The first-order valence-electron chi connectivity index (χ1n) is 5.27. The molecular formula is C12H24N2. The van der Waals surface area contributed by atoms with E-state index in [4.69, 9.17) is 0 Å². The SMILES string of the molecule is CC#CCC(NCC)C(C)(C)N(C)C. The Kier molecular flexibility index (Phi) is 5.83. The predicted octanol–water partition coefficient (Wildman–Crippen LogP) is 1.72. The van der Waals surface area contributed by atoms with Gasteiger partial charge >= 0.3 is 0 Å². The Hall–Kier alpha value is -0.520. The molecule has 0 aliphatic rings. The van der Waals surface area contributed by atoms with Crippen molar-refractivity contribution in [1.29, 1.82) is 0 Å². The van der Waals surface area contributed by atoms with Gasteiger partial charge in [-0.2, -0.15) is 0 Å². The maximum absolute atomic E-state index is 3.49. The van der Waals surface area contributed by atoms with E-state index in [1.54, 1.807) is 0 Å². The zero-order valence-electron chi connectivity index (χ0n) is 10.4. The third-order valence-electron chi connectivity index (χ3n) is 2.94. The topological polar surface area (TPSA) is 15.3 Å². The Morgan fingerprint density at radius 3 is 2.29 bits per heavy atom. The Labute approximate surface area is 89.1 Å². The van der Waals surface area contributed by atoms with Gasteiger partial charge in [-0.05, 0) is 41.4 Å². The van der Waals surface area contributed by atoms with Crippen molar-refractivity contribution in [2.24, 2.45) is 0 Å². The van der Waals surface area contributed by atoms with Crippen molar-refractivity contribution in [2.75, 3.05) is 20.6 Å². The molecule has 82 valence electrons. The maximum Gasteiger partial charge on any atom is 0.0356 e. The summed E-state index contributed by atoms with van der Waals surface area (Å²) in [6.45, 7) is 9.52. The highest BCUT2D eigenvalue weighted by Gasteiger charge is 2.29. The molecule has 0 saturated heterocycles. The molecule has 0 spiro atoms. The van der Waals surface area contributed by atoms with Crippen molar-refractivity contribution in [2.45, 2.75) is 45.7 Å². The first-order chi connectivity index (χ1) is 6.46. The number of hydrogen-bond donors (Lipinski definition) is 1. The third kappa shape index (κ3) is 3.69. The van der Waals surface area contributed by atoms with E-state index < -0.39 is 0 Å². The van der Waals surface area contributed by atoms with Crippen LogP contribution in [0.25, 0.3) is 0 Å². The first kappa shape index (κ1) is 13.5. The molecule has 0 aliphatic carbocycles. The monoisotopic (exact) mass is 196 g/mol. The molecule has 1 N–H and O–H groups in total. The molecule has 1 unspecified atom stereocenters. The first-order valence-corrected chi connectivity index (χ1v) is 5.27. The van der Waals surface area contributed by atoms with Crippen LogP contribution in [0.15, 0.2) is 0 Å². The quantitative estimate of drug-likeness (QED) is 0.674. The van der Waals surface area contributed by atoms with Gasteiger partial charge in [0, 0.05) is 18.0 Å². The van der Waals surface area contributed by atoms with E-state index in [9.17, 15) is 0 Å². The zero-order valence-corrected chi connectivity index (χ0v) is 10.4. The lowest BCUT2D eigenvalue weighted by Gasteiger charge is -2.39. The van der Waals surface area contributed by atoms with Crippen LogP contribution in [0.1, 0.15) is 34.1 Å². The van der Waals surface area contributed by atoms with E-state index in [1.165, 1.54) is 0 Å². The normalized spacial score (nSPS) is 13.6. The second-order valence-electron chi connectivity index (χ2n) is 4.29. The van der Waals surface area contributed by atoms with Crippen LogP contribution in [-0.4, -0.2) is 37.1 Å². The van der Waals surface area contributed by atoms with Crippen LogP contribution >= 0.6 is 0 Å². The van der Waals surface area contributed by atoms with Crippen LogP contribution in [0.4, 0.5) is 0 Å². The van der Waals surface area contributed by atoms with Crippen LogP contribution in [0, 0.1) is 11.8 Å². The summed E-state index contributed by atoms with van der Waals surface area (Å²) in [6, 6.07) is 0.426. The van der Waals surface area contributed by atoms with E-state index >= 15 is 0 Å². The summed E-state index contributed by atoms with van der Waals surface area (Å²) in [4.78, 5) is 2.25. The molecule has 0 radical (unpaired) electrons. The number of hydrogen-bond acceptors (Lipinski definition) is 2. The fourth-order valence-corrected chi connectivity index (χ4v) is 1.33. The highest BCUT2D eigenvalue weighted by Crippen LogP contribution is 2.17. The number of nitrogens with zero attached hydrogens (tertiary/aromatic N) is 1. The Balaban J connectivity index is 4.50. The molecule has 0 bridgehead atoms. The van der Waals surface area contributed by atoms with Gasteiger partial charge in [-0.1, -0.05) is 6.92 Å². The Morgan fingerprint density at radius 1 is 1.36 bits per heavy atom. The minimum atomic E-state index is 0.139. The maximum atomic E-state index is 3.49. The van der Waals surface area contributed by atoms with E-state index in [2.05, 4.69) is 56.9 Å². The highest BCUT2D eigenvalue weighted by molar-refractivity contribution is 5.03. The standard InChI is InChI=1S/C12H24N2/c1-7-9-10-11(13-8-2)12(3,4)14(5)6/h11,13H,8,10H2,1-6H3. The zero-order chi connectivity index (χ0) is 11.2. The van der Waals surface area contributed by atoms with Gasteiger partial charge in [0.1, 0.15) is 0 Å². The summed E-state index contributed by atoms with van der Waals surface area (Å²) < 4.78 is 0. The molecule has 14 heavy (non-hydrogen) atoms. The lowest BCUT2D eigenvalue weighted by Crippen LogP contribution is -2.55. The van der Waals surface area contributed by atoms with E-state index in [1.807, 2.05) is 6.92 Å². The smallest absolute Gasteiger partial charge is 0.0356 e. The van der Waals surface area contributed by atoms with Gasteiger partial charge < -0.3 is 10.2 Å². The minimum absolute atomic E-state index is 0.139. The van der Waals surface area contributed by atoms with Crippen LogP contribution < -0.4 is 5.32 Å². The van der Waals surface area contributed by atoms with Crippen molar-refractivity contribution in [1.82, 2.24) is 10.2 Å². The molecule has 0 amide bonds. The summed E-state index contributed by atoms with van der Waals surface area (Å²) in [7, 11) is 4.23. The molecule has 0 heterocycles. The van der Waals surface area contributed by atoms with Gasteiger partial charge in [0.05, 0.1) is 0 Å². The van der Waals surface area contributed by atoms with Gasteiger partial charge in [0.2, 0.25) is 0 Å². The second-order valence-corrected chi connectivity index (χ2v) is 4.29. The van der Waals surface area contributed by atoms with E-state index in [0.29, 0.717) is 6.04 Å².